The average Bonchev–Trinajstić information content (AvgIpc) is 3.01. The Bertz CT molecular complexity index is 300. The van der Waals surface area contributed by atoms with E-state index in [0.29, 0.717) is 6.04 Å². The van der Waals surface area contributed by atoms with E-state index < -0.39 is 5.60 Å². The van der Waals surface area contributed by atoms with Crippen molar-refractivity contribution in [3.8, 4) is 0 Å². The molecule has 0 spiro atoms. The summed E-state index contributed by atoms with van der Waals surface area (Å²) < 4.78 is 10.8. The summed E-state index contributed by atoms with van der Waals surface area (Å²) in [5.41, 5.74) is -0.403. The molecule has 1 saturated carbocycles. The molecule has 2 aliphatic rings. The molecular weight excluding hydrogens is 218 g/mol. The van der Waals surface area contributed by atoms with Crippen molar-refractivity contribution >= 4 is 6.09 Å². The second kappa shape index (κ2) is 4.16. The van der Waals surface area contributed by atoms with E-state index in [1.54, 1.807) is 0 Å². The molecule has 0 bridgehead atoms. The third-order valence-electron chi connectivity index (χ3n) is 3.13. The molecule has 1 aliphatic heterocycles. The van der Waals surface area contributed by atoms with Crippen molar-refractivity contribution in [1.29, 1.82) is 0 Å². The molecule has 0 aromatic heterocycles. The van der Waals surface area contributed by atoms with Gasteiger partial charge in [-0.3, -0.25) is 0 Å². The van der Waals surface area contributed by atoms with Gasteiger partial charge in [0.05, 0.1) is 12.2 Å². The second-order valence-corrected chi connectivity index (χ2v) is 6.39. The van der Waals surface area contributed by atoms with E-state index in [-0.39, 0.29) is 11.7 Å². The van der Waals surface area contributed by atoms with E-state index in [0.717, 1.165) is 32.4 Å². The lowest BCUT2D eigenvalue weighted by Crippen LogP contribution is -2.39. The number of hydrogen-bond acceptors (Lipinski definition) is 3. The third kappa shape index (κ3) is 3.87. The van der Waals surface area contributed by atoms with Gasteiger partial charge in [-0.15, -0.1) is 0 Å². The SMILES string of the molecule is CC(C)(C)OC(=O)N(CCC1(C)CO1)C1CC1. The summed E-state index contributed by atoms with van der Waals surface area (Å²) in [5, 5.41) is 0. The first-order chi connectivity index (χ1) is 7.79. The van der Waals surface area contributed by atoms with Crippen LogP contribution < -0.4 is 0 Å². The van der Waals surface area contributed by atoms with Gasteiger partial charge in [0.1, 0.15) is 5.60 Å². The highest BCUT2D eigenvalue weighted by Crippen LogP contribution is 2.33. The molecule has 98 valence electrons. The molecule has 0 radical (unpaired) electrons. The minimum Gasteiger partial charge on any atom is -0.444 e. The van der Waals surface area contributed by atoms with Gasteiger partial charge in [0.15, 0.2) is 0 Å². The number of ether oxygens (including phenoxy) is 2. The molecular formula is C13H23NO3. The van der Waals surface area contributed by atoms with Gasteiger partial charge < -0.3 is 14.4 Å². The molecule has 0 aromatic rings. The van der Waals surface area contributed by atoms with Crippen molar-refractivity contribution < 1.29 is 14.3 Å². The summed E-state index contributed by atoms with van der Waals surface area (Å²) in [5.74, 6) is 0. The van der Waals surface area contributed by atoms with E-state index in [4.69, 9.17) is 9.47 Å². The maximum absolute atomic E-state index is 12.0. The fourth-order valence-corrected chi connectivity index (χ4v) is 1.75. The number of amides is 1. The third-order valence-corrected chi connectivity index (χ3v) is 3.13. The lowest BCUT2D eigenvalue weighted by atomic mass is 10.1. The molecule has 4 nitrogen and oxygen atoms in total. The second-order valence-electron chi connectivity index (χ2n) is 6.39. The normalized spacial score (nSPS) is 27.8. The fraction of sp³-hybridized carbons (Fsp3) is 0.923. The van der Waals surface area contributed by atoms with Gasteiger partial charge >= 0.3 is 6.09 Å². The lowest BCUT2D eigenvalue weighted by molar-refractivity contribution is 0.0221. The van der Waals surface area contributed by atoms with Crippen molar-refractivity contribution in [3.63, 3.8) is 0 Å². The molecule has 2 rings (SSSR count). The summed E-state index contributed by atoms with van der Waals surface area (Å²) in [6.45, 7) is 9.37. The van der Waals surface area contributed by atoms with Crippen LogP contribution in [0.4, 0.5) is 4.79 Å². The minimum atomic E-state index is -0.412. The molecule has 4 heteroatoms. The first-order valence-electron chi connectivity index (χ1n) is 6.43. The van der Waals surface area contributed by atoms with Gasteiger partial charge in [-0.25, -0.2) is 4.79 Å². The largest absolute Gasteiger partial charge is 0.444 e. The van der Waals surface area contributed by atoms with Crippen LogP contribution in [-0.4, -0.2) is 41.4 Å². The summed E-state index contributed by atoms with van der Waals surface area (Å²) in [7, 11) is 0. The van der Waals surface area contributed by atoms with Crippen LogP contribution in [0.1, 0.15) is 47.0 Å². The predicted molar refractivity (Wildman–Crippen MR) is 64.9 cm³/mol. The Morgan fingerprint density at radius 1 is 1.47 bits per heavy atom. The first-order valence-corrected chi connectivity index (χ1v) is 6.43. The Labute approximate surface area is 103 Å². The van der Waals surface area contributed by atoms with Crippen molar-refractivity contribution in [2.45, 2.75) is 64.2 Å². The Morgan fingerprint density at radius 2 is 2.06 bits per heavy atom. The zero-order valence-corrected chi connectivity index (χ0v) is 11.3. The smallest absolute Gasteiger partial charge is 0.410 e. The fourth-order valence-electron chi connectivity index (χ4n) is 1.75. The van der Waals surface area contributed by atoms with Gasteiger partial charge in [-0.05, 0) is 47.0 Å². The number of hydrogen-bond donors (Lipinski definition) is 0. The molecule has 1 aliphatic carbocycles. The highest BCUT2D eigenvalue weighted by Gasteiger charge is 2.42. The summed E-state index contributed by atoms with van der Waals surface area (Å²) >= 11 is 0. The molecule has 1 unspecified atom stereocenters. The quantitative estimate of drug-likeness (QED) is 0.710. The van der Waals surface area contributed by atoms with Gasteiger partial charge in [-0.1, -0.05) is 0 Å². The van der Waals surface area contributed by atoms with Crippen LogP contribution in [-0.2, 0) is 9.47 Å². The molecule has 0 aromatic carbocycles. The highest BCUT2D eigenvalue weighted by molar-refractivity contribution is 5.69. The van der Waals surface area contributed by atoms with Crippen LogP contribution in [0, 0.1) is 0 Å². The number of nitrogens with zero attached hydrogens (tertiary/aromatic N) is 1. The van der Waals surface area contributed by atoms with Crippen molar-refractivity contribution in [1.82, 2.24) is 4.90 Å². The van der Waals surface area contributed by atoms with E-state index in [1.165, 1.54) is 0 Å². The maximum Gasteiger partial charge on any atom is 0.410 e. The first kappa shape index (κ1) is 12.7. The maximum atomic E-state index is 12.0. The van der Waals surface area contributed by atoms with Crippen LogP contribution in [0.2, 0.25) is 0 Å². The Kier molecular flexibility index (Phi) is 3.10. The molecule has 17 heavy (non-hydrogen) atoms. The number of carbonyl (C=O) groups excluding carboxylic acids is 1. The van der Waals surface area contributed by atoms with E-state index in [9.17, 15) is 4.79 Å². The molecule has 1 heterocycles. The van der Waals surface area contributed by atoms with Gasteiger partial charge in [0.2, 0.25) is 0 Å². The van der Waals surface area contributed by atoms with E-state index in [2.05, 4.69) is 6.92 Å². The number of epoxide rings is 1. The zero-order chi connectivity index (χ0) is 12.7. The van der Waals surface area contributed by atoms with Gasteiger partial charge in [0, 0.05) is 12.6 Å². The molecule has 2 fully saturated rings. The van der Waals surface area contributed by atoms with Crippen LogP contribution in [0.3, 0.4) is 0 Å². The van der Waals surface area contributed by atoms with Crippen LogP contribution in [0.15, 0.2) is 0 Å². The molecule has 0 N–H and O–H groups in total. The van der Waals surface area contributed by atoms with Crippen LogP contribution in [0.25, 0.3) is 0 Å². The summed E-state index contributed by atoms with van der Waals surface area (Å²) in [6, 6.07) is 0.396. The molecule has 1 amide bonds. The predicted octanol–water partition coefficient (Wildman–Crippen LogP) is 2.56. The summed E-state index contributed by atoms with van der Waals surface area (Å²) in [4.78, 5) is 13.9. The van der Waals surface area contributed by atoms with Crippen molar-refractivity contribution in [3.05, 3.63) is 0 Å². The van der Waals surface area contributed by atoms with Gasteiger partial charge in [0.25, 0.3) is 0 Å². The topological polar surface area (TPSA) is 42.1 Å². The average molecular weight is 241 g/mol. The lowest BCUT2D eigenvalue weighted by Gasteiger charge is -2.27. The molecule has 1 atom stereocenters. The molecule has 1 saturated heterocycles. The number of carbonyl (C=O) groups is 1. The van der Waals surface area contributed by atoms with E-state index in [1.807, 2.05) is 25.7 Å². The van der Waals surface area contributed by atoms with Crippen LogP contribution >= 0.6 is 0 Å². The Hall–Kier alpha value is -0.770. The summed E-state index contributed by atoms with van der Waals surface area (Å²) in [6.07, 6.45) is 2.94. The minimum absolute atomic E-state index is 0.00908. The van der Waals surface area contributed by atoms with Crippen molar-refractivity contribution in [2.75, 3.05) is 13.2 Å². The standard InChI is InChI=1S/C13H23NO3/c1-12(2,3)17-11(15)14(10-5-6-10)8-7-13(4)9-16-13/h10H,5-9H2,1-4H3. The zero-order valence-electron chi connectivity index (χ0n) is 11.3. The van der Waals surface area contributed by atoms with E-state index >= 15 is 0 Å². The monoisotopic (exact) mass is 241 g/mol. The highest BCUT2D eigenvalue weighted by atomic mass is 16.6. The Balaban J connectivity index is 1.85. The Morgan fingerprint density at radius 3 is 2.47 bits per heavy atom. The number of rotatable bonds is 4. The van der Waals surface area contributed by atoms with Crippen molar-refractivity contribution in [2.24, 2.45) is 0 Å². The van der Waals surface area contributed by atoms with Crippen LogP contribution in [0.5, 0.6) is 0 Å². The van der Waals surface area contributed by atoms with Gasteiger partial charge in [-0.2, -0.15) is 0 Å².